The minimum atomic E-state index is -1.16. The number of fused-ring (bicyclic) bond motifs is 2. The Morgan fingerprint density at radius 1 is 0.471 bits per heavy atom. The zero-order valence-corrected chi connectivity index (χ0v) is 21.3. The molecule has 0 aliphatic heterocycles. The molecule has 5 rings (SSSR count). The van der Waals surface area contributed by atoms with Crippen molar-refractivity contribution in [2.75, 3.05) is 13.2 Å². The maximum atomic E-state index is 6.16. The van der Waals surface area contributed by atoms with Crippen LogP contribution in [-0.4, -0.2) is 13.2 Å². The van der Waals surface area contributed by atoms with Gasteiger partial charge in [0, 0.05) is 5.30 Å². The van der Waals surface area contributed by atoms with Gasteiger partial charge in [0.05, 0.1) is 13.2 Å². The Morgan fingerprint density at radius 3 is 1.41 bits per heavy atom. The third-order valence-corrected chi connectivity index (χ3v) is 10.4. The normalized spacial score (nSPS) is 11.6. The van der Waals surface area contributed by atoms with Gasteiger partial charge in [0.15, 0.2) is 0 Å². The van der Waals surface area contributed by atoms with Crippen molar-refractivity contribution in [3.05, 3.63) is 109 Å². The topological polar surface area (TPSA) is 18.5 Å². The molecule has 0 unspecified atom stereocenters. The molecule has 0 N–H and O–H groups in total. The van der Waals surface area contributed by atoms with Gasteiger partial charge in [-0.25, -0.2) is 0 Å². The largest absolute Gasteiger partial charge is 0.331 e. The fourth-order valence-electron chi connectivity index (χ4n) is 4.41. The third kappa shape index (κ3) is 4.52. The average molecular weight is 483 g/mol. The van der Waals surface area contributed by atoms with Gasteiger partial charge in [0.25, 0.3) is 0 Å². The monoisotopic (exact) mass is 482 g/mol. The van der Waals surface area contributed by atoms with Crippen LogP contribution in [0, 0.1) is 0 Å². The summed E-state index contributed by atoms with van der Waals surface area (Å²) in [6, 6.07) is 39.5. The highest BCUT2D eigenvalue weighted by atomic mass is 31.2. The fraction of sp³-hybridized carbons (Fsp3) is 0.133. The van der Waals surface area contributed by atoms with Crippen molar-refractivity contribution in [1.29, 1.82) is 0 Å². The molecule has 0 aliphatic rings. The Labute approximate surface area is 204 Å². The van der Waals surface area contributed by atoms with E-state index in [9.17, 15) is 0 Å². The van der Waals surface area contributed by atoms with E-state index < -0.39 is 16.3 Å². The third-order valence-electron chi connectivity index (χ3n) is 5.83. The summed E-state index contributed by atoms with van der Waals surface area (Å²) in [5.41, 5.74) is 0. The van der Waals surface area contributed by atoms with Crippen LogP contribution >= 0.6 is 16.3 Å². The van der Waals surface area contributed by atoms with Crippen molar-refractivity contribution in [3.63, 3.8) is 0 Å². The van der Waals surface area contributed by atoms with Gasteiger partial charge in [-0.15, -0.1) is 0 Å². The lowest BCUT2D eigenvalue weighted by atomic mass is 10.1. The van der Waals surface area contributed by atoms with E-state index in [1.807, 2.05) is 13.8 Å². The first-order valence-corrected chi connectivity index (χ1v) is 14.2. The van der Waals surface area contributed by atoms with Gasteiger partial charge in [0.2, 0.25) is 8.38 Å². The van der Waals surface area contributed by atoms with Gasteiger partial charge in [-0.1, -0.05) is 103 Å². The summed E-state index contributed by atoms with van der Waals surface area (Å²) in [6.07, 6.45) is 0. The van der Waals surface area contributed by atoms with Gasteiger partial charge in [-0.2, -0.15) is 0 Å². The van der Waals surface area contributed by atoms with E-state index in [2.05, 4.69) is 109 Å². The molecule has 170 valence electrons. The van der Waals surface area contributed by atoms with Crippen LogP contribution in [0.15, 0.2) is 109 Å². The summed E-state index contributed by atoms with van der Waals surface area (Å²) in [7, 11) is -2.02. The lowest BCUT2D eigenvalue weighted by molar-refractivity contribution is 0.277. The zero-order valence-electron chi connectivity index (χ0n) is 19.5. The zero-order chi connectivity index (χ0) is 23.3. The van der Waals surface area contributed by atoms with Crippen molar-refractivity contribution in [2.24, 2.45) is 0 Å². The van der Waals surface area contributed by atoms with Crippen LogP contribution < -0.4 is 21.2 Å². The molecule has 2 nitrogen and oxygen atoms in total. The molecule has 0 radical (unpaired) electrons. The molecule has 0 bridgehead atoms. The van der Waals surface area contributed by atoms with Gasteiger partial charge >= 0.3 is 0 Å². The van der Waals surface area contributed by atoms with E-state index in [0.717, 1.165) is 0 Å². The highest BCUT2D eigenvalue weighted by molar-refractivity contribution is 7.82. The van der Waals surface area contributed by atoms with E-state index >= 15 is 0 Å². The molecule has 0 aliphatic carbocycles. The molecular formula is C30H28O2P2. The molecule has 5 aromatic carbocycles. The SMILES string of the molecule is CCOP(OCC)c1ccccc1P(c1cccc2ccccc12)c1cccc2ccccc12. The standard InChI is InChI=1S/C30H28O2P2/c1-3-31-34(32-4-2)30-20-10-9-19-29(30)33(27-21-11-15-23-13-5-7-17-25(23)27)28-22-12-16-24-14-6-8-18-26(24)28/h5-22H,3-4H2,1-2H3. The summed E-state index contributed by atoms with van der Waals surface area (Å²) in [5.74, 6) is 0. The summed E-state index contributed by atoms with van der Waals surface area (Å²) >= 11 is 0. The maximum absolute atomic E-state index is 6.16. The van der Waals surface area contributed by atoms with Gasteiger partial charge in [0.1, 0.15) is 0 Å². The quantitative estimate of drug-likeness (QED) is 0.228. The molecule has 0 aromatic heterocycles. The van der Waals surface area contributed by atoms with Crippen LogP contribution in [0.25, 0.3) is 21.5 Å². The van der Waals surface area contributed by atoms with Crippen LogP contribution in [0.3, 0.4) is 0 Å². The molecule has 4 heteroatoms. The smallest absolute Gasteiger partial charge is 0.205 e. The molecule has 0 saturated heterocycles. The van der Waals surface area contributed by atoms with Crippen LogP contribution in [0.4, 0.5) is 0 Å². The molecule has 0 fully saturated rings. The summed E-state index contributed by atoms with van der Waals surface area (Å²) in [4.78, 5) is 0. The predicted octanol–water partition coefficient (Wildman–Crippen LogP) is 6.76. The van der Waals surface area contributed by atoms with E-state index in [1.54, 1.807) is 0 Å². The second-order valence-electron chi connectivity index (χ2n) is 7.91. The molecule has 0 heterocycles. The second kappa shape index (κ2) is 10.8. The Kier molecular flexibility index (Phi) is 7.33. The van der Waals surface area contributed by atoms with Crippen LogP contribution in [-0.2, 0) is 9.05 Å². The van der Waals surface area contributed by atoms with E-state index in [-0.39, 0.29) is 0 Å². The minimum absolute atomic E-state index is 0.625. The Balaban J connectivity index is 1.82. The molecule has 0 spiro atoms. The number of hydrogen-bond acceptors (Lipinski definition) is 2. The maximum Gasteiger partial charge on any atom is 0.205 e. The molecule has 0 amide bonds. The van der Waals surface area contributed by atoms with Crippen LogP contribution in [0.2, 0.25) is 0 Å². The fourth-order valence-corrected chi connectivity index (χ4v) is 8.93. The van der Waals surface area contributed by atoms with Gasteiger partial charge < -0.3 is 9.05 Å². The number of rotatable bonds is 8. The van der Waals surface area contributed by atoms with Crippen molar-refractivity contribution in [2.45, 2.75) is 13.8 Å². The van der Waals surface area contributed by atoms with E-state index in [4.69, 9.17) is 9.05 Å². The Bertz CT molecular complexity index is 1320. The lowest BCUT2D eigenvalue weighted by Gasteiger charge is -2.27. The lowest BCUT2D eigenvalue weighted by Crippen LogP contribution is -2.31. The molecule has 0 saturated carbocycles. The highest BCUT2D eigenvalue weighted by Crippen LogP contribution is 2.43. The van der Waals surface area contributed by atoms with Crippen molar-refractivity contribution >= 4 is 59.1 Å². The van der Waals surface area contributed by atoms with Crippen molar-refractivity contribution < 1.29 is 9.05 Å². The molecule has 0 atom stereocenters. The first-order valence-electron chi connectivity index (χ1n) is 11.7. The minimum Gasteiger partial charge on any atom is -0.331 e. The number of hydrogen-bond donors (Lipinski definition) is 0. The van der Waals surface area contributed by atoms with E-state index in [1.165, 1.54) is 42.8 Å². The predicted molar refractivity (Wildman–Crippen MR) is 150 cm³/mol. The molecule has 5 aromatic rings. The molecule has 34 heavy (non-hydrogen) atoms. The van der Waals surface area contributed by atoms with Crippen LogP contribution in [0.1, 0.15) is 13.8 Å². The van der Waals surface area contributed by atoms with Crippen molar-refractivity contribution in [1.82, 2.24) is 0 Å². The summed E-state index contributed by atoms with van der Waals surface area (Å²) in [5, 5.41) is 10.3. The van der Waals surface area contributed by atoms with E-state index in [0.29, 0.717) is 13.2 Å². The first kappa shape index (κ1) is 23.2. The first-order chi connectivity index (χ1) is 16.8. The van der Waals surface area contributed by atoms with Crippen molar-refractivity contribution in [3.8, 4) is 0 Å². The summed E-state index contributed by atoms with van der Waals surface area (Å²) in [6.45, 7) is 5.32. The Hall–Kier alpha value is -2.60. The second-order valence-corrected chi connectivity index (χ2v) is 11.5. The summed E-state index contributed by atoms with van der Waals surface area (Å²) < 4.78 is 12.3. The van der Waals surface area contributed by atoms with Crippen LogP contribution in [0.5, 0.6) is 0 Å². The van der Waals surface area contributed by atoms with Gasteiger partial charge in [-0.05, 0) is 65.3 Å². The Morgan fingerprint density at radius 2 is 0.882 bits per heavy atom. The molecular weight excluding hydrogens is 454 g/mol. The number of benzene rings is 5. The highest BCUT2D eigenvalue weighted by Gasteiger charge is 2.27. The average Bonchev–Trinajstić information content (AvgIpc) is 2.89. The van der Waals surface area contributed by atoms with Gasteiger partial charge in [-0.3, -0.25) is 0 Å².